The molecule has 5 nitrogen and oxygen atoms in total. The summed E-state index contributed by atoms with van der Waals surface area (Å²) >= 11 is 0. The van der Waals surface area contributed by atoms with Crippen LogP contribution in [0.3, 0.4) is 0 Å². The third-order valence-electron chi connectivity index (χ3n) is 4.03. The lowest BCUT2D eigenvalue weighted by atomic mass is 10.0. The molecule has 102 valence electrons. The van der Waals surface area contributed by atoms with E-state index in [2.05, 4.69) is 13.0 Å². The number of hydrogen-bond donors (Lipinski definition) is 0. The Kier molecular flexibility index (Phi) is 4.25. The van der Waals surface area contributed by atoms with E-state index >= 15 is 0 Å². The van der Waals surface area contributed by atoms with Crippen molar-refractivity contribution in [3.05, 3.63) is 0 Å². The summed E-state index contributed by atoms with van der Waals surface area (Å²) in [5.74, 6) is 0.651. The average Bonchev–Trinajstić information content (AvgIpc) is 2.39. The van der Waals surface area contributed by atoms with E-state index in [0.717, 1.165) is 12.8 Å². The zero-order valence-corrected chi connectivity index (χ0v) is 11.7. The van der Waals surface area contributed by atoms with Crippen molar-refractivity contribution in [2.75, 3.05) is 26.2 Å². The normalized spacial score (nSPS) is 26.0. The van der Waals surface area contributed by atoms with Gasteiger partial charge in [-0.3, -0.25) is 0 Å². The molecule has 18 heavy (non-hydrogen) atoms. The van der Waals surface area contributed by atoms with Gasteiger partial charge in [0.2, 0.25) is 0 Å². The van der Waals surface area contributed by atoms with Gasteiger partial charge in [0.05, 0.1) is 6.07 Å². The minimum absolute atomic E-state index is 0.0258. The van der Waals surface area contributed by atoms with Gasteiger partial charge in [-0.15, -0.1) is 0 Å². The largest absolute Gasteiger partial charge is 0.281 e. The zero-order valence-electron chi connectivity index (χ0n) is 10.9. The average molecular weight is 271 g/mol. The predicted molar refractivity (Wildman–Crippen MR) is 68.8 cm³/mol. The number of hydrogen-bond acceptors (Lipinski definition) is 3. The maximum atomic E-state index is 12.4. The fourth-order valence-electron chi connectivity index (χ4n) is 2.59. The molecule has 0 aromatic rings. The van der Waals surface area contributed by atoms with Crippen molar-refractivity contribution in [2.45, 2.75) is 32.6 Å². The Morgan fingerprint density at radius 3 is 1.89 bits per heavy atom. The quantitative estimate of drug-likeness (QED) is 0.758. The van der Waals surface area contributed by atoms with Crippen LogP contribution in [0.25, 0.3) is 0 Å². The second kappa shape index (κ2) is 5.55. The molecule has 0 unspecified atom stereocenters. The lowest BCUT2D eigenvalue weighted by Crippen LogP contribution is -2.49. The fourth-order valence-corrected chi connectivity index (χ4v) is 4.27. The molecule has 0 aromatic carbocycles. The first kappa shape index (κ1) is 13.8. The summed E-state index contributed by atoms with van der Waals surface area (Å²) in [5.41, 5.74) is 0. The first-order valence-electron chi connectivity index (χ1n) is 6.69. The molecule has 2 fully saturated rings. The van der Waals surface area contributed by atoms with Gasteiger partial charge in [-0.1, -0.05) is 6.92 Å². The second-order valence-corrected chi connectivity index (χ2v) is 7.32. The van der Waals surface area contributed by atoms with Gasteiger partial charge in [0.25, 0.3) is 10.2 Å². The van der Waals surface area contributed by atoms with E-state index in [1.54, 1.807) is 8.61 Å². The smallest absolute Gasteiger partial charge is 0.198 e. The van der Waals surface area contributed by atoms with Crippen LogP contribution in [-0.2, 0) is 10.2 Å². The van der Waals surface area contributed by atoms with Crippen molar-refractivity contribution in [1.82, 2.24) is 8.61 Å². The van der Waals surface area contributed by atoms with E-state index in [4.69, 9.17) is 5.26 Å². The highest BCUT2D eigenvalue weighted by atomic mass is 32.2. The summed E-state index contributed by atoms with van der Waals surface area (Å²) < 4.78 is 28.0. The molecule has 0 amide bonds. The fraction of sp³-hybridized carbons (Fsp3) is 0.917. The lowest BCUT2D eigenvalue weighted by molar-refractivity contribution is 0.244. The number of piperidine rings is 2. The van der Waals surface area contributed by atoms with Crippen LogP contribution in [0, 0.1) is 23.2 Å². The van der Waals surface area contributed by atoms with Gasteiger partial charge in [0.1, 0.15) is 0 Å². The molecule has 0 spiro atoms. The second-order valence-electron chi connectivity index (χ2n) is 5.39. The lowest BCUT2D eigenvalue weighted by Gasteiger charge is -2.36. The molecule has 2 heterocycles. The van der Waals surface area contributed by atoms with Crippen LogP contribution in [0.15, 0.2) is 0 Å². The Morgan fingerprint density at radius 2 is 1.44 bits per heavy atom. The van der Waals surface area contributed by atoms with Crippen LogP contribution in [0.4, 0.5) is 0 Å². The summed E-state index contributed by atoms with van der Waals surface area (Å²) in [6.07, 6.45) is 3.24. The topological polar surface area (TPSA) is 64.4 Å². The van der Waals surface area contributed by atoms with Crippen molar-refractivity contribution >= 4 is 10.2 Å². The van der Waals surface area contributed by atoms with E-state index in [0.29, 0.717) is 44.9 Å². The number of nitriles is 1. The maximum Gasteiger partial charge on any atom is 0.281 e. The summed E-state index contributed by atoms with van der Waals surface area (Å²) in [6.45, 7) is 4.44. The highest BCUT2D eigenvalue weighted by molar-refractivity contribution is 7.86. The van der Waals surface area contributed by atoms with Crippen LogP contribution >= 0.6 is 0 Å². The molecular formula is C12H21N3O2S. The molecule has 0 N–H and O–H groups in total. The van der Waals surface area contributed by atoms with E-state index in [1.807, 2.05) is 0 Å². The van der Waals surface area contributed by atoms with Gasteiger partial charge in [0.15, 0.2) is 0 Å². The van der Waals surface area contributed by atoms with Crippen molar-refractivity contribution in [3.63, 3.8) is 0 Å². The van der Waals surface area contributed by atoms with E-state index in [9.17, 15) is 8.42 Å². The van der Waals surface area contributed by atoms with Crippen LogP contribution in [0.5, 0.6) is 0 Å². The van der Waals surface area contributed by atoms with Gasteiger partial charge in [0, 0.05) is 32.1 Å². The van der Waals surface area contributed by atoms with Gasteiger partial charge in [-0.25, -0.2) is 0 Å². The standard InChI is InChI=1S/C12H21N3O2S/c1-11-2-6-14(7-3-11)18(16,17)15-8-4-12(10-13)5-9-15/h11-12H,2-9H2,1H3. The first-order valence-corrected chi connectivity index (χ1v) is 8.08. The van der Waals surface area contributed by atoms with Crippen molar-refractivity contribution < 1.29 is 8.42 Å². The summed E-state index contributed by atoms with van der Waals surface area (Å²) in [6, 6.07) is 2.23. The summed E-state index contributed by atoms with van der Waals surface area (Å²) in [4.78, 5) is 0. The number of nitrogens with zero attached hydrogens (tertiary/aromatic N) is 3. The zero-order chi connectivity index (χ0) is 13.2. The third kappa shape index (κ3) is 2.85. The molecule has 2 saturated heterocycles. The van der Waals surface area contributed by atoms with Crippen molar-refractivity contribution in [2.24, 2.45) is 11.8 Å². The molecule has 0 aromatic heterocycles. The van der Waals surface area contributed by atoms with Gasteiger partial charge in [-0.2, -0.15) is 22.3 Å². The van der Waals surface area contributed by atoms with E-state index in [-0.39, 0.29) is 5.92 Å². The first-order chi connectivity index (χ1) is 8.54. The molecule has 0 radical (unpaired) electrons. The van der Waals surface area contributed by atoms with E-state index in [1.165, 1.54) is 0 Å². The van der Waals surface area contributed by atoms with Crippen LogP contribution in [0.1, 0.15) is 32.6 Å². The van der Waals surface area contributed by atoms with Crippen LogP contribution in [0.2, 0.25) is 0 Å². The Balaban J connectivity index is 1.97. The molecule has 0 bridgehead atoms. The van der Waals surface area contributed by atoms with Crippen LogP contribution in [-0.4, -0.2) is 43.2 Å². The summed E-state index contributed by atoms with van der Waals surface area (Å²) in [5, 5.41) is 8.83. The molecular weight excluding hydrogens is 250 g/mol. The summed E-state index contributed by atoms with van der Waals surface area (Å²) in [7, 11) is -3.28. The minimum atomic E-state index is -3.28. The molecule has 0 saturated carbocycles. The van der Waals surface area contributed by atoms with Crippen molar-refractivity contribution in [3.8, 4) is 6.07 Å². The highest BCUT2D eigenvalue weighted by Crippen LogP contribution is 2.24. The Labute approximate surface area is 110 Å². The predicted octanol–water partition coefficient (Wildman–Crippen LogP) is 1.20. The van der Waals surface area contributed by atoms with E-state index < -0.39 is 10.2 Å². The molecule has 6 heteroatoms. The third-order valence-corrected chi connectivity index (χ3v) is 6.07. The Morgan fingerprint density at radius 1 is 1.00 bits per heavy atom. The SMILES string of the molecule is CC1CCN(S(=O)(=O)N2CCC(C#N)CC2)CC1. The molecule has 2 rings (SSSR count). The van der Waals surface area contributed by atoms with Gasteiger partial charge in [-0.05, 0) is 31.6 Å². The minimum Gasteiger partial charge on any atom is -0.198 e. The monoisotopic (exact) mass is 271 g/mol. The van der Waals surface area contributed by atoms with Crippen LogP contribution < -0.4 is 0 Å². The highest BCUT2D eigenvalue weighted by Gasteiger charge is 2.34. The Bertz CT molecular complexity index is 413. The molecule has 0 aliphatic carbocycles. The Hall–Kier alpha value is -0.640. The van der Waals surface area contributed by atoms with Gasteiger partial charge < -0.3 is 0 Å². The molecule has 0 atom stereocenters. The number of rotatable bonds is 2. The van der Waals surface area contributed by atoms with Crippen molar-refractivity contribution in [1.29, 1.82) is 5.26 Å². The van der Waals surface area contributed by atoms with Gasteiger partial charge >= 0.3 is 0 Å². The molecule has 2 aliphatic heterocycles. The molecule has 2 aliphatic rings. The maximum absolute atomic E-state index is 12.4.